The lowest BCUT2D eigenvalue weighted by molar-refractivity contribution is -0.138. The standard InChI is InChI=1S/C12H10O6S5/c1-16-7(13)4-5(8(14)17-2)21-11(20-4)12-22-6(9(15)18-3)10(19)23-12/h15H,1-3H3. The Labute approximate surface area is 152 Å². The first-order chi connectivity index (χ1) is 10.9. The fourth-order valence-corrected chi connectivity index (χ4v) is 7.06. The van der Waals surface area contributed by atoms with Crippen LogP contribution in [-0.4, -0.2) is 38.4 Å². The third-order valence-corrected chi connectivity index (χ3v) is 8.50. The van der Waals surface area contributed by atoms with Gasteiger partial charge >= 0.3 is 11.9 Å². The minimum Gasteiger partial charge on any atom is -0.480 e. The number of carbonyl (C=O) groups is 2. The SMILES string of the molecule is COC(=O)C1=C(C(=O)OC)SC(=c2sc(=S)c(=C(O)OC)s2)S1. The zero-order chi connectivity index (χ0) is 17.1. The van der Waals surface area contributed by atoms with Crippen molar-refractivity contribution in [3.63, 3.8) is 0 Å². The maximum atomic E-state index is 11.8. The number of methoxy groups -OCH3 is 3. The van der Waals surface area contributed by atoms with E-state index in [2.05, 4.69) is 0 Å². The summed E-state index contributed by atoms with van der Waals surface area (Å²) in [5, 5.41) is 9.69. The van der Waals surface area contributed by atoms with Crippen molar-refractivity contribution in [2.45, 2.75) is 0 Å². The number of hydrogen-bond acceptors (Lipinski definition) is 11. The van der Waals surface area contributed by atoms with E-state index in [1.807, 2.05) is 0 Å². The molecule has 1 aliphatic heterocycles. The summed E-state index contributed by atoms with van der Waals surface area (Å²) in [4.78, 5) is 24.0. The van der Waals surface area contributed by atoms with Crippen LogP contribution >= 0.6 is 58.4 Å². The molecule has 0 radical (unpaired) electrons. The zero-order valence-electron chi connectivity index (χ0n) is 12.0. The molecule has 0 aliphatic carbocycles. The number of aliphatic hydroxyl groups is 1. The van der Waals surface area contributed by atoms with Gasteiger partial charge in [0.25, 0.3) is 5.95 Å². The van der Waals surface area contributed by atoms with Crippen LogP contribution in [0, 0.1) is 3.82 Å². The van der Waals surface area contributed by atoms with Crippen LogP contribution in [0.5, 0.6) is 0 Å². The summed E-state index contributed by atoms with van der Waals surface area (Å²) < 4.78 is 16.5. The second-order valence-corrected chi connectivity index (χ2v) is 9.02. The molecule has 0 amide bonds. The summed E-state index contributed by atoms with van der Waals surface area (Å²) in [6.45, 7) is 0. The number of thioether (sulfide) groups is 2. The molecule has 1 N–H and O–H groups in total. The van der Waals surface area contributed by atoms with Gasteiger partial charge in [-0.2, -0.15) is 0 Å². The van der Waals surface area contributed by atoms with Crippen molar-refractivity contribution in [2.24, 2.45) is 0 Å². The lowest BCUT2D eigenvalue weighted by atomic mass is 10.5. The zero-order valence-corrected chi connectivity index (χ0v) is 16.1. The molecule has 1 aromatic heterocycles. The van der Waals surface area contributed by atoms with Crippen molar-refractivity contribution < 1.29 is 28.9 Å². The lowest BCUT2D eigenvalue weighted by Crippen LogP contribution is -2.08. The van der Waals surface area contributed by atoms with Crippen molar-refractivity contribution >= 4 is 80.5 Å². The Morgan fingerprint density at radius 3 is 1.91 bits per heavy atom. The average Bonchev–Trinajstić information content (AvgIpc) is 3.16. The van der Waals surface area contributed by atoms with Crippen LogP contribution in [0.3, 0.4) is 0 Å². The summed E-state index contributed by atoms with van der Waals surface area (Å²) in [5.41, 5.74) is 0. The number of carbonyl (C=O) groups excluding carboxylic acids is 2. The number of aliphatic hydroxyl groups excluding tert-OH is 1. The smallest absolute Gasteiger partial charge is 0.346 e. The highest BCUT2D eigenvalue weighted by Gasteiger charge is 2.33. The van der Waals surface area contributed by atoms with E-state index in [1.165, 1.54) is 44.0 Å². The van der Waals surface area contributed by atoms with E-state index in [0.29, 0.717) is 12.6 Å². The van der Waals surface area contributed by atoms with Crippen LogP contribution in [0.1, 0.15) is 0 Å². The highest BCUT2D eigenvalue weighted by molar-refractivity contribution is 8.36. The first kappa shape index (κ1) is 18.3. The van der Waals surface area contributed by atoms with Gasteiger partial charge in [0.05, 0.1) is 25.6 Å². The van der Waals surface area contributed by atoms with Crippen LogP contribution in [0.2, 0.25) is 0 Å². The molecule has 124 valence electrons. The fraction of sp³-hybridized carbons (Fsp3) is 0.250. The predicted molar refractivity (Wildman–Crippen MR) is 95.0 cm³/mol. The fourth-order valence-electron chi connectivity index (χ4n) is 1.43. The first-order valence-electron chi connectivity index (χ1n) is 5.81. The van der Waals surface area contributed by atoms with Crippen molar-refractivity contribution in [2.75, 3.05) is 21.3 Å². The third-order valence-electron chi connectivity index (χ3n) is 2.46. The molecule has 0 unspecified atom stereocenters. The van der Waals surface area contributed by atoms with E-state index < -0.39 is 11.9 Å². The van der Waals surface area contributed by atoms with Crippen molar-refractivity contribution in [3.05, 3.63) is 22.0 Å². The predicted octanol–water partition coefficient (Wildman–Crippen LogP) is 1.91. The Hall–Kier alpha value is -1.01. The van der Waals surface area contributed by atoms with Gasteiger partial charge in [-0.3, -0.25) is 0 Å². The van der Waals surface area contributed by atoms with E-state index in [1.54, 1.807) is 0 Å². The molecule has 2 rings (SSSR count). The average molecular weight is 411 g/mol. The monoisotopic (exact) mass is 410 g/mol. The molecule has 6 nitrogen and oxygen atoms in total. The van der Waals surface area contributed by atoms with Gasteiger partial charge in [-0.05, 0) is 0 Å². The van der Waals surface area contributed by atoms with E-state index in [0.717, 1.165) is 27.4 Å². The molecule has 0 atom stereocenters. The highest BCUT2D eigenvalue weighted by Crippen LogP contribution is 2.50. The number of hydrogen-bond donors (Lipinski definition) is 1. The second kappa shape index (κ2) is 7.71. The molecule has 1 aliphatic rings. The summed E-state index contributed by atoms with van der Waals surface area (Å²) in [6, 6.07) is 0. The first-order valence-corrected chi connectivity index (χ1v) is 9.48. The molecular formula is C12H10O6S5. The highest BCUT2D eigenvalue weighted by atomic mass is 32.2. The molecule has 0 saturated carbocycles. The van der Waals surface area contributed by atoms with Crippen LogP contribution in [0.4, 0.5) is 0 Å². The Morgan fingerprint density at radius 1 is 0.957 bits per heavy atom. The van der Waals surface area contributed by atoms with Gasteiger partial charge in [0, 0.05) is 0 Å². The van der Waals surface area contributed by atoms with E-state index in [9.17, 15) is 14.7 Å². The number of rotatable bonds is 3. The van der Waals surface area contributed by atoms with E-state index in [4.69, 9.17) is 26.4 Å². The molecule has 0 bridgehead atoms. The molecule has 1 aromatic rings. The third kappa shape index (κ3) is 3.74. The molecule has 0 fully saturated rings. The minimum absolute atomic E-state index is 0.173. The van der Waals surface area contributed by atoms with Gasteiger partial charge < -0.3 is 19.3 Å². The van der Waals surface area contributed by atoms with Crippen LogP contribution in [0.15, 0.2) is 9.81 Å². The summed E-state index contributed by atoms with van der Waals surface area (Å²) >= 11 is 9.92. The Balaban J connectivity index is 2.56. The topological polar surface area (TPSA) is 82.1 Å². The second-order valence-electron chi connectivity index (χ2n) is 3.75. The van der Waals surface area contributed by atoms with Crippen molar-refractivity contribution in [1.82, 2.24) is 0 Å². The summed E-state index contributed by atoms with van der Waals surface area (Å²) in [7, 11) is 3.82. The summed E-state index contributed by atoms with van der Waals surface area (Å²) in [6.07, 6.45) is 0. The minimum atomic E-state index is -0.607. The lowest BCUT2D eigenvalue weighted by Gasteiger charge is -2.00. The van der Waals surface area contributed by atoms with E-state index >= 15 is 0 Å². The molecule has 2 heterocycles. The van der Waals surface area contributed by atoms with Gasteiger partial charge in [-0.1, -0.05) is 35.7 Å². The molecule has 23 heavy (non-hydrogen) atoms. The molecule has 0 spiro atoms. The van der Waals surface area contributed by atoms with Crippen LogP contribution in [0.25, 0.3) is 10.2 Å². The van der Waals surface area contributed by atoms with Gasteiger partial charge in [-0.25, -0.2) is 9.59 Å². The number of ether oxygens (including phenoxy) is 3. The molecule has 0 saturated heterocycles. The maximum absolute atomic E-state index is 11.8. The van der Waals surface area contributed by atoms with Gasteiger partial charge in [0.1, 0.15) is 22.0 Å². The number of esters is 2. The Bertz CT molecular complexity index is 831. The quantitative estimate of drug-likeness (QED) is 0.593. The molecular weight excluding hydrogens is 400 g/mol. The van der Waals surface area contributed by atoms with Crippen LogP contribution < -0.4 is 8.38 Å². The normalized spacial score (nSPS) is 15.5. The largest absolute Gasteiger partial charge is 0.480 e. The van der Waals surface area contributed by atoms with Crippen LogP contribution in [-0.2, 0) is 23.8 Å². The maximum Gasteiger partial charge on any atom is 0.346 e. The van der Waals surface area contributed by atoms with Crippen molar-refractivity contribution in [1.29, 1.82) is 0 Å². The molecule has 0 aromatic carbocycles. The molecule has 11 heteroatoms. The van der Waals surface area contributed by atoms with Gasteiger partial charge in [-0.15, -0.1) is 22.7 Å². The summed E-state index contributed by atoms with van der Waals surface area (Å²) in [5.74, 6) is -1.47. The van der Waals surface area contributed by atoms with Crippen molar-refractivity contribution in [3.8, 4) is 0 Å². The van der Waals surface area contributed by atoms with Gasteiger partial charge in [0.2, 0.25) is 0 Å². The Kier molecular flexibility index (Phi) is 6.14. The van der Waals surface area contributed by atoms with E-state index in [-0.39, 0.29) is 15.8 Å². The Morgan fingerprint density at radius 2 is 1.48 bits per heavy atom. The van der Waals surface area contributed by atoms with Gasteiger partial charge in [0.15, 0.2) is 0 Å².